The van der Waals surface area contributed by atoms with Crippen molar-refractivity contribution in [1.82, 2.24) is 19.7 Å². The minimum atomic E-state index is -0.859. The molecule has 37 heavy (non-hydrogen) atoms. The van der Waals surface area contributed by atoms with Crippen LogP contribution in [0.3, 0.4) is 0 Å². The van der Waals surface area contributed by atoms with Crippen LogP contribution >= 0.6 is 0 Å². The number of carbonyl (C=O) groups is 1. The summed E-state index contributed by atoms with van der Waals surface area (Å²) in [6.07, 6.45) is 5.74. The van der Waals surface area contributed by atoms with Gasteiger partial charge in [-0.2, -0.15) is 0 Å². The van der Waals surface area contributed by atoms with E-state index in [1.54, 1.807) is 0 Å². The van der Waals surface area contributed by atoms with E-state index in [4.69, 9.17) is 14.8 Å². The van der Waals surface area contributed by atoms with Gasteiger partial charge in [-0.15, -0.1) is 0 Å². The third-order valence-electron chi connectivity index (χ3n) is 6.20. The van der Waals surface area contributed by atoms with E-state index in [0.717, 1.165) is 35.4 Å². The number of carbonyl (C=O) groups excluding carboxylic acids is 1. The molecule has 2 aromatic heterocycles. The number of benzene rings is 2. The largest absolute Gasteiger partial charge is 0.394 e. The van der Waals surface area contributed by atoms with Gasteiger partial charge in [-0.05, 0) is 31.4 Å². The molecule has 9 heteroatoms. The van der Waals surface area contributed by atoms with Crippen molar-refractivity contribution in [2.45, 2.75) is 31.4 Å². The fourth-order valence-corrected chi connectivity index (χ4v) is 4.01. The maximum absolute atomic E-state index is 12.4. The molecule has 2 aromatic carbocycles. The number of rotatable bonds is 12. The van der Waals surface area contributed by atoms with Crippen LogP contribution in [0.4, 0.5) is 5.82 Å². The number of imidazole rings is 1. The molecule has 0 bridgehead atoms. The molecule has 9 nitrogen and oxygen atoms in total. The molecule has 1 aliphatic rings. The molecule has 1 saturated carbocycles. The molecule has 0 spiro atoms. The van der Waals surface area contributed by atoms with Gasteiger partial charge in [0, 0.05) is 42.1 Å². The molecule has 4 N–H and O–H groups in total. The topological polar surface area (TPSA) is 121 Å². The molecule has 4 aromatic rings. The van der Waals surface area contributed by atoms with Crippen LogP contribution in [-0.4, -0.2) is 69.0 Å². The van der Waals surface area contributed by atoms with Crippen molar-refractivity contribution in [2.24, 2.45) is 0 Å². The highest BCUT2D eigenvalue weighted by molar-refractivity contribution is 5.95. The summed E-state index contributed by atoms with van der Waals surface area (Å²) in [5, 5.41) is 24.7. The van der Waals surface area contributed by atoms with Crippen molar-refractivity contribution in [1.29, 1.82) is 0 Å². The summed E-state index contributed by atoms with van der Waals surface area (Å²) in [5.41, 5.74) is 4.97. The number of hydrogen-bond acceptors (Lipinski definition) is 7. The lowest BCUT2D eigenvalue weighted by atomic mass is 10.1. The zero-order valence-corrected chi connectivity index (χ0v) is 20.5. The quantitative estimate of drug-likeness (QED) is 0.220. The third kappa shape index (κ3) is 6.14. The van der Waals surface area contributed by atoms with Crippen LogP contribution in [0, 0.1) is 0 Å². The van der Waals surface area contributed by atoms with Gasteiger partial charge in [-0.25, -0.2) is 9.97 Å². The smallest absolute Gasteiger partial charge is 0.251 e. The molecule has 0 unspecified atom stereocenters. The summed E-state index contributed by atoms with van der Waals surface area (Å²) in [5.74, 6) is 0.618. The number of nitrogens with one attached hydrogen (secondary N) is 2. The number of aliphatic hydroxyl groups excluding tert-OH is 2. The van der Waals surface area contributed by atoms with Crippen molar-refractivity contribution < 1.29 is 19.7 Å². The zero-order chi connectivity index (χ0) is 25.6. The number of anilines is 1. The van der Waals surface area contributed by atoms with Gasteiger partial charge in [0.1, 0.15) is 6.10 Å². The van der Waals surface area contributed by atoms with E-state index in [9.17, 15) is 9.90 Å². The minimum absolute atomic E-state index is 0.0379. The fraction of sp³-hybridized carbons (Fsp3) is 0.321. The summed E-state index contributed by atoms with van der Waals surface area (Å²) in [7, 11) is 0. The second kappa shape index (κ2) is 11.5. The van der Waals surface area contributed by atoms with Gasteiger partial charge in [0.2, 0.25) is 0 Å². The lowest BCUT2D eigenvalue weighted by Crippen LogP contribution is -2.25. The molecule has 192 valence electrons. The summed E-state index contributed by atoms with van der Waals surface area (Å²) in [4.78, 5) is 21.9. The molecular weight excluding hydrogens is 470 g/mol. The molecule has 0 saturated heterocycles. The number of fused-ring (bicyclic) bond motifs is 1. The van der Waals surface area contributed by atoms with Gasteiger partial charge in [-0.1, -0.05) is 42.5 Å². The van der Waals surface area contributed by atoms with E-state index < -0.39 is 6.10 Å². The lowest BCUT2D eigenvalue weighted by molar-refractivity contribution is 0.00629. The van der Waals surface area contributed by atoms with E-state index in [0.29, 0.717) is 42.6 Å². The summed E-state index contributed by atoms with van der Waals surface area (Å²) in [6.45, 7) is 0.834. The molecule has 1 amide bonds. The van der Waals surface area contributed by atoms with Crippen LogP contribution < -0.4 is 10.6 Å². The number of ether oxygens (including phenoxy) is 1. The minimum Gasteiger partial charge on any atom is -0.394 e. The van der Waals surface area contributed by atoms with E-state index in [1.165, 1.54) is 0 Å². The number of hydrogen-bond donors (Lipinski definition) is 4. The summed E-state index contributed by atoms with van der Waals surface area (Å²) < 4.78 is 7.42. The molecule has 5 rings (SSSR count). The normalized spacial score (nSPS) is 14.0. The SMILES string of the molecule is O=C(NC1CC1)c1ccc(-c2cnc3c(NCCCOC[C@H](O)CO)nc(-c4ccccc4)cn23)cc1. The second-order valence-electron chi connectivity index (χ2n) is 9.19. The van der Waals surface area contributed by atoms with Crippen LogP contribution in [0.1, 0.15) is 29.6 Å². The molecular formula is C28H31N5O4. The van der Waals surface area contributed by atoms with Crippen molar-refractivity contribution in [3.63, 3.8) is 0 Å². The Morgan fingerprint density at radius 1 is 1.11 bits per heavy atom. The fourth-order valence-electron chi connectivity index (χ4n) is 4.01. The van der Waals surface area contributed by atoms with Crippen molar-refractivity contribution in [3.05, 3.63) is 72.6 Å². The van der Waals surface area contributed by atoms with E-state index >= 15 is 0 Å². The van der Waals surface area contributed by atoms with Crippen LogP contribution in [0.5, 0.6) is 0 Å². The van der Waals surface area contributed by atoms with Gasteiger partial charge in [0.25, 0.3) is 5.91 Å². The average molecular weight is 502 g/mol. The molecule has 0 aliphatic heterocycles. The first-order valence-corrected chi connectivity index (χ1v) is 12.6. The average Bonchev–Trinajstić information content (AvgIpc) is 3.65. The van der Waals surface area contributed by atoms with Crippen LogP contribution in [0.15, 0.2) is 67.0 Å². The van der Waals surface area contributed by atoms with Gasteiger partial charge in [0.15, 0.2) is 11.5 Å². The second-order valence-corrected chi connectivity index (χ2v) is 9.19. The Kier molecular flexibility index (Phi) is 7.74. The molecule has 2 heterocycles. The monoisotopic (exact) mass is 501 g/mol. The van der Waals surface area contributed by atoms with Crippen molar-refractivity contribution >= 4 is 17.4 Å². The van der Waals surface area contributed by atoms with E-state index in [1.807, 2.05) is 71.4 Å². The highest BCUT2D eigenvalue weighted by atomic mass is 16.5. The standard InChI is InChI=1S/C28H31N5O4/c34-17-23(35)18-37-14-4-13-29-26-27-30-15-25(33(27)16-24(32-26)19-5-2-1-3-6-19)20-7-9-21(10-8-20)28(36)31-22-11-12-22/h1-3,5-10,15-16,22-23,34-35H,4,11-14,17-18H2,(H,29,32)(H,31,36)/t23-/m1/s1. The predicted octanol–water partition coefficient (Wildman–Crippen LogP) is 3.13. The van der Waals surface area contributed by atoms with Gasteiger partial charge in [-0.3, -0.25) is 9.20 Å². The Hall–Kier alpha value is -3.79. The molecule has 1 aliphatic carbocycles. The maximum atomic E-state index is 12.4. The first-order valence-electron chi connectivity index (χ1n) is 12.6. The number of aromatic nitrogens is 3. The van der Waals surface area contributed by atoms with Crippen molar-refractivity contribution in [2.75, 3.05) is 31.7 Å². The Morgan fingerprint density at radius 3 is 2.62 bits per heavy atom. The highest BCUT2D eigenvalue weighted by Crippen LogP contribution is 2.28. The van der Waals surface area contributed by atoms with Gasteiger partial charge >= 0.3 is 0 Å². The Bertz CT molecular complexity index is 1340. The van der Waals surface area contributed by atoms with Gasteiger partial charge < -0.3 is 25.6 Å². The Morgan fingerprint density at radius 2 is 1.89 bits per heavy atom. The first kappa shape index (κ1) is 24.9. The number of aliphatic hydroxyl groups is 2. The van der Waals surface area contributed by atoms with Crippen LogP contribution in [0.2, 0.25) is 0 Å². The first-order chi connectivity index (χ1) is 18.1. The number of nitrogens with zero attached hydrogens (tertiary/aromatic N) is 3. The van der Waals surface area contributed by atoms with Gasteiger partial charge in [0.05, 0.1) is 30.8 Å². The molecule has 1 atom stereocenters. The van der Waals surface area contributed by atoms with Crippen molar-refractivity contribution in [3.8, 4) is 22.5 Å². The molecule has 0 radical (unpaired) electrons. The zero-order valence-electron chi connectivity index (χ0n) is 20.5. The van der Waals surface area contributed by atoms with Crippen LogP contribution in [0.25, 0.3) is 28.2 Å². The molecule has 1 fully saturated rings. The maximum Gasteiger partial charge on any atom is 0.251 e. The van der Waals surface area contributed by atoms with E-state index in [2.05, 4.69) is 15.6 Å². The summed E-state index contributed by atoms with van der Waals surface area (Å²) >= 11 is 0. The Balaban J connectivity index is 1.38. The third-order valence-corrected chi connectivity index (χ3v) is 6.20. The lowest BCUT2D eigenvalue weighted by Gasteiger charge is -2.12. The number of amides is 1. The van der Waals surface area contributed by atoms with E-state index in [-0.39, 0.29) is 19.1 Å². The predicted molar refractivity (Wildman–Crippen MR) is 141 cm³/mol. The van der Waals surface area contributed by atoms with Crippen LogP contribution in [-0.2, 0) is 4.74 Å². The summed E-state index contributed by atoms with van der Waals surface area (Å²) in [6, 6.07) is 17.9. The Labute approximate surface area is 215 Å². The highest BCUT2D eigenvalue weighted by Gasteiger charge is 2.23.